The molecule has 1 aromatic rings. The Morgan fingerprint density at radius 1 is 1.30 bits per heavy atom. The van der Waals surface area contributed by atoms with Gasteiger partial charge in [0.25, 0.3) is 0 Å². The van der Waals surface area contributed by atoms with Crippen LogP contribution in [-0.4, -0.2) is 14.5 Å². The summed E-state index contributed by atoms with van der Waals surface area (Å²) in [5, 5.41) is 0.403. The van der Waals surface area contributed by atoms with Crippen LogP contribution in [0.25, 0.3) is 0 Å². The number of hydrogen-bond acceptors (Lipinski definition) is 3. The van der Waals surface area contributed by atoms with Crippen LogP contribution in [0.3, 0.4) is 0 Å². The fourth-order valence-corrected chi connectivity index (χ4v) is 4.63. The van der Waals surface area contributed by atoms with Crippen molar-refractivity contribution in [1.82, 2.24) is 4.72 Å². The Morgan fingerprint density at radius 2 is 1.95 bits per heavy atom. The molecule has 0 aliphatic heterocycles. The maximum absolute atomic E-state index is 12.5. The van der Waals surface area contributed by atoms with Gasteiger partial charge in [-0.3, -0.25) is 0 Å². The second-order valence-electron chi connectivity index (χ2n) is 5.35. The fraction of sp³-hybridized carbons (Fsp3) is 0.571. The maximum Gasteiger partial charge on any atom is 0.241 e. The average Bonchev–Trinajstić information content (AvgIpc) is 2.41. The molecule has 2 rings (SSSR count). The summed E-state index contributed by atoms with van der Waals surface area (Å²) >= 11 is 6.00. The van der Waals surface area contributed by atoms with Crippen molar-refractivity contribution in [3.63, 3.8) is 0 Å². The third kappa shape index (κ3) is 3.52. The summed E-state index contributed by atoms with van der Waals surface area (Å²) in [5.74, 6) is 0. The van der Waals surface area contributed by atoms with Crippen molar-refractivity contribution < 1.29 is 8.42 Å². The molecule has 20 heavy (non-hydrogen) atoms. The standard InChI is InChI=1S/C14H21ClN2O2S/c1-10-11(9-16)7-12(15)8-14(10)20(18,19)17-13-5-3-2-4-6-13/h7-8,13,17H,2-6,9,16H2,1H3. The van der Waals surface area contributed by atoms with Crippen LogP contribution in [0.4, 0.5) is 0 Å². The molecule has 112 valence electrons. The van der Waals surface area contributed by atoms with Crippen molar-refractivity contribution in [2.75, 3.05) is 0 Å². The van der Waals surface area contributed by atoms with Gasteiger partial charge in [-0.1, -0.05) is 30.9 Å². The fourth-order valence-electron chi connectivity index (χ4n) is 2.70. The number of nitrogens with two attached hydrogens (primary N) is 1. The van der Waals surface area contributed by atoms with Gasteiger partial charge in [0.15, 0.2) is 0 Å². The van der Waals surface area contributed by atoms with Crippen LogP contribution >= 0.6 is 11.6 Å². The Bertz CT molecular complexity index is 581. The molecule has 0 aromatic heterocycles. The van der Waals surface area contributed by atoms with Gasteiger partial charge in [0, 0.05) is 17.6 Å². The lowest BCUT2D eigenvalue weighted by Crippen LogP contribution is -2.36. The highest BCUT2D eigenvalue weighted by Gasteiger charge is 2.24. The predicted octanol–water partition coefficient (Wildman–Crippen LogP) is 2.72. The van der Waals surface area contributed by atoms with Crippen LogP contribution in [0.1, 0.15) is 43.2 Å². The van der Waals surface area contributed by atoms with Crippen LogP contribution in [0.15, 0.2) is 17.0 Å². The minimum absolute atomic E-state index is 0.0356. The Kier molecular flexibility index (Phi) is 5.07. The Labute approximate surface area is 125 Å². The summed E-state index contributed by atoms with van der Waals surface area (Å²) in [7, 11) is -3.54. The summed E-state index contributed by atoms with van der Waals surface area (Å²) in [5.41, 5.74) is 7.09. The maximum atomic E-state index is 12.5. The molecule has 1 saturated carbocycles. The summed E-state index contributed by atoms with van der Waals surface area (Å²) in [4.78, 5) is 0.246. The van der Waals surface area contributed by atoms with Crippen molar-refractivity contribution >= 4 is 21.6 Å². The van der Waals surface area contributed by atoms with E-state index in [-0.39, 0.29) is 17.5 Å². The van der Waals surface area contributed by atoms with Gasteiger partial charge in [-0.05, 0) is 43.0 Å². The van der Waals surface area contributed by atoms with E-state index < -0.39 is 10.0 Å². The first-order valence-corrected chi connectivity index (χ1v) is 8.81. The molecular formula is C14H21ClN2O2S. The van der Waals surface area contributed by atoms with E-state index in [0.717, 1.165) is 31.2 Å². The lowest BCUT2D eigenvalue weighted by Gasteiger charge is -2.23. The van der Waals surface area contributed by atoms with Crippen LogP contribution in [-0.2, 0) is 16.6 Å². The van der Waals surface area contributed by atoms with E-state index >= 15 is 0 Å². The van der Waals surface area contributed by atoms with Gasteiger partial charge in [-0.2, -0.15) is 0 Å². The van der Waals surface area contributed by atoms with Crippen molar-refractivity contribution in [3.8, 4) is 0 Å². The first-order chi connectivity index (χ1) is 9.44. The molecular weight excluding hydrogens is 296 g/mol. The Balaban J connectivity index is 2.31. The van der Waals surface area contributed by atoms with E-state index in [1.807, 2.05) is 0 Å². The highest BCUT2D eigenvalue weighted by Crippen LogP contribution is 2.26. The lowest BCUT2D eigenvalue weighted by molar-refractivity contribution is 0.412. The third-order valence-corrected chi connectivity index (χ3v) is 5.73. The van der Waals surface area contributed by atoms with Crippen molar-refractivity contribution in [3.05, 3.63) is 28.3 Å². The zero-order valence-electron chi connectivity index (χ0n) is 11.7. The summed E-state index contributed by atoms with van der Waals surface area (Å²) in [6.45, 7) is 2.05. The van der Waals surface area contributed by atoms with E-state index in [0.29, 0.717) is 10.6 Å². The van der Waals surface area contributed by atoms with E-state index in [1.54, 1.807) is 13.0 Å². The SMILES string of the molecule is Cc1c(CN)cc(Cl)cc1S(=O)(=O)NC1CCCCC1. The van der Waals surface area contributed by atoms with Crippen LogP contribution in [0, 0.1) is 6.92 Å². The number of sulfonamides is 1. The van der Waals surface area contributed by atoms with Gasteiger partial charge in [-0.25, -0.2) is 13.1 Å². The van der Waals surface area contributed by atoms with E-state index in [2.05, 4.69) is 4.72 Å². The normalized spacial score (nSPS) is 17.4. The Morgan fingerprint density at radius 3 is 2.55 bits per heavy atom. The van der Waals surface area contributed by atoms with Gasteiger partial charge in [0.1, 0.15) is 0 Å². The van der Waals surface area contributed by atoms with Crippen molar-refractivity contribution in [1.29, 1.82) is 0 Å². The van der Waals surface area contributed by atoms with Gasteiger partial charge >= 0.3 is 0 Å². The van der Waals surface area contributed by atoms with E-state index in [9.17, 15) is 8.42 Å². The number of hydrogen-bond donors (Lipinski definition) is 2. The molecule has 0 radical (unpaired) electrons. The monoisotopic (exact) mass is 316 g/mol. The predicted molar refractivity (Wildman–Crippen MR) is 81.3 cm³/mol. The number of rotatable bonds is 4. The second kappa shape index (κ2) is 6.43. The number of nitrogens with one attached hydrogen (secondary N) is 1. The molecule has 0 bridgehead atoms. The molecule has 6 heteroatoms. The van der Waals surface area contributed by atoms with Gasteiger partial charge in [0.2, 0.25) is 10.0 Å². The third-order valence-electron chi connectivity index (χ3n) is 3.87. The second-order valence-corrected chi connectivity index (χ2v) is 7.47. The number of halogens is 1. The average molecular weight is 317 g/mol. The molecule has 3 N–H and O–H groups in total. The Hall–Kier alpha value is -0.620. The molecule has 0 heterocycles. The molecule has 1 fully saturated rings. The summed E-state index contributed by atoms with van der Waals surface area (Å²) in [6.07, 6.45) is 5.16. The largest absolute Gasteiger partial charge is 0.326 e. The molecule has 4 nitrogen and oxygen atoms in total. The highest BCUT2D eigenvalue weighted by molar-refractivity contribution is 7.89. The topological polar surface area (TPSA) is 72.2 Å². The van der Waals surface area contributed by atoms with Gasteiger partial charge in [0.05, 0.1) is 4.90 Å². The molecule has 1 aromatic carbocycles. The van der Waals surface area contributed by atoms with Crippen LogP contribution < -0.4 is 10.5 Å². The van der Waals surface area contributed by atoms with Crippen molar-refractivity contribution in [2.24, 2.45) is 5.73 Å². The minimum Gasteiger partial charge on any atom is -0.326 e. The zero-order valence-corrected chi connectivity index (χ0v) is 13.2. The molecule has 1 aliphatic carbocycles. The van der Waals surface area contributed by atoms with Crippen molar-refractivity contribution in [2.45, 2.75) is 56.5 Å². The summed E-state index contributed by atoms with van der Waals surface area (Å²) < 4.78 is 27.9. The molecule has 0 atom stereocenters. The van der Waals surface area contributed by atoms with Gasteiger partial charge < -0.3 is 5.73 Å². The molecule has 0 unspecified atom stereocenters. The minimum atomic E-state index is -3.54. The smallest absolute Gasteiger partial charge is 0.241 e. The highest BCUT2D eigenvalue weighted by atomic mass is 35.5. The molecule has 1 aliphatic rings. The molecule has 0 saturated heterocycles. The first-order valence-electron chi connectivity index (χ1n) is 6.95. The quantitative estimate of drug-likeness (QED) is 0.897. The van der Waals surface area contributed by atoms with Crippen LogP contribution in [0.5, 0.6) is 0 Å². The van der Waals surface area contributed by atoms with E-state index in [4.69, 9.17) is 17.3 Å². The zero-order chi connectivity index (χ0) is 14.8. The number of benzene rings is 1. The van der Waals surface area contributed by atoms with Gasteiger partial charge in [-0.15, -0.1) is 0 Å². The molecule has 0 amide bonds. The first kappa shape index (κ1) is 15.8. The molecule has 0 spiro atoms. The van der Waals surface area contributed by atoms with Crippen LogP contribution in [0.2, 0.25) is 5.02 Å². The summed E-state index contributed by atoms with van der Waals surface area (Å²) in [6, 6.07) is 3.26. The van der Waals surface area contributed by atoms with E-state index in [1.165, 1.54) is 12.5 Å². The lowest BCUT2D eigenvalue weighted by atomic mass is 9.96.